The molecule has 0 saturated carbocycles. The largest absolute Gasteiger partial charge is 0.480 e. The molecular formula is C14H22N2O4S. The van der Waals surface area contributed by atoms with E-state index < -0.39 is 22.2 Å². The average molecular weight is 314 g/mol. The van der Waals surface area contributed by atoms with E-state index in [4.69, 9.17) is 5.11 Å². The van der Waals surface area contributed by atoms with Gasteiger partial charge in [-0.25, -0.2) is 4.72 Å². The minimum absolute atomic E-state index is 0.147. The Kier molecular flexibility index (Phi) is 6.80. The first kappa shape index (κ1) is 17.6. The predicted octanol–water partition coefficient (Wildman–Crippen LogP) is 1.15. The minimum Gasteiger partial charge on any atom is -0.480 e. The monoisotopic (exact) mass is 314 g/mol. The van der Waals surface area contributed by atoms with E-state index in [1.807, 2.05) is 44.2 Å². The summed E-state index contributed by atoms with van der Waals surface area (Å²) in [5, 5.41) is 9.14. The van der Waals surface area contributed by atoms with Crippen LogP contribution >= 0.6 is 0 Å². The van der Waals surface area contributed by atoms with Crippen LogP contribution in [0, 0.1) is 5.92 Å². The molecule has 6 nitrogen and oxygen atoms in total. The number of aliphatic carboxylic acids is 1. The van der Waals surface area contributed by atoms with Crippen molar-refractivity contribution in [2.45, 2.75) is 32.7 Å². The Labute approximate surface area is 125 Å². The Morgan fingerprint density at radius 2 is 1.86 bits per heavy atom. The molecule has 0 saturated heterocycles. The standard InChI is InChI=1S/C14H22N2O4S/c1-11(2)10-15-21(19,20)16-13(14(17)18)9-8-12-6-4-3-5-7-12/h3-7,11,13,15-16H,8-10H2,1-2H3,(H,17,18)/t13-/m0/s1. The zero-order valence-electron chi connectivity index (χ0n) is 12.2. The molecule has 1 aromatic carbocycles. The number of carbonyl (C=O) groups is 1. The lowest BCUT2D eigenvalue weighted by molar-refractivity contribution is -0.139. The highest BCUT2D eigenvalue weighted by molar-refractivity contribution is 7.87. The van der Waals surface area contributed by atoms with Crippen molar-refractivity contribution in [2.75, 3.05) is 6.54 Å². The van der Waals surface area contributed by atoms with Crippen LogP contribution in [0.1, 0.15) is 25.8 Å². The molecule has 0 spiro atoms. The van der Waals surface area contributed by atoms with Gasteiger partial charge < -0.3 is 5.11 Å². The third kappa shape index (κ3) is 7.22. The predicted molar refractivity (Wildman–Crippen MR) is 81.1 cm³/mol. The number of nitrogens with one attached hydrogen (secondary N) is 2. The van der Waals surface area contributed by atoms with Gasteiger partial charge in [-0.3, -0.25) is 4.79 Å². The highest BCUT2D eigenvalue weighted by atomic mass is 32.2. The number of benzene rings is 1. The van der Waals surface area contributed by atoms with Crippen molar-refractivity contribution in [3.8, 4) is 0 Å². The lowest BCUT2D eigenvalue weighted by Gasteiger charge is -2.16. The van der Waals surface area contributed by atoms with Gasteiger partial charge in [0.05, 0.1) is 0 Å². The van der Waals surface area contributed by atoms with Crippen LogP contribution in [0.2, 0.25) is 0 Å². The van der Waals surface area contributed by atoms with Crippen molar-refractivity contribution in [1.29, 1.82) is 0 Å². The molecule has 7 heteroatoms. The second-order valence-corrected chi connectivity index (χ2v) is 6.81. The summed E-state index contributed by atoms with van der Waals surface area (Å²) in [5.41, 5.74) is 0.970. The van der Waals surface area contributed by atoms with E-state index in [1.165, 1.54) is 0 Å². The molecule has 1 atom stereocenters. The van der Waals surface area contributed by atoms with Gasteiger partial charge in [0.15, 0.2) is 0 Å². The summed E-state index contributed by atoms with van der Waals surface area (Å²) in [6.45, 7) is 4.00. The molecule has 0 radical (unpaired) electrons. The fourth-order valence-electron chi connectivity index (χ4n) is 1.69. The maximum Gasteiger partial charge on any atom is 0.321 e. The molecule has 0 fully saturated rings. The summed E-state index contributed by atoms with van der Waals surface area (Å²) in [6.07, 6.45) is 0.687. The van der Waals surface area contributed by atoms with Gasteiger partial charge in [0, 0.05) is 6.54 Å². The maximum atomic E-state index is 11.8. The molecule has 0 bridgehead atoms. The number of carboxylic acids is 1. The van der Waals surface area contributed by atoms with Crippen LogP contribution < -0.4 is 9.44 Å². The Balaban J connectivity index is 2.59. The SMILES string of the molecule is CC(C)CNS(=O)(=O)N[C@@H](CCc1ccccc1)C(=O)O. The summed E-state index contributed by atoms with van der Waals surface area (Å²) < 4.78 is 28.1. The molecule has 0 heterocycles. The van der Waals surface area contributed by atoms with E-state index in [0.29, 0.717) is 6.42 Å². The molecule has 0 aromatic heterocycles. The molecule has 1 rings (SSSR count). The first-order valence-corrected chi connectivity index (χ1v) is 8.32. The third-order valence-electron chi connectivity index (χ3n) is 2.84. The Morgan fingerprint density at radius 1 is 1.24 bits per heavy atom. The fourth-order valence-corrected chi connectivity index (χ4v) is 2.92. The van der Waals surface area contributed by atoms with E-state index in [-0.39, 0.29) is 18.9 Å². The van der Waals surface area contributed by atoms with E-state index in [1.54, 1.807) is 0 Å². The summed E-state index contributed by atoms with van der Waals surface area (Å²) in [4.78, 5) is 11.2. The summed E-state index contributed by atoms with van der Waals surface area (Å²) in [6, 6.07) is 8.21. The van der Waals surface area contributed by atoms with Crippen LogP contribution in [-0.2, 0) is 21.4 Å². The second kappa shape index (κ2) is 8.11. The van der Waals surface area contributed by atoms with E-state index in [2.05, 4.69) is 9.44 Å². The third-order valence-corrected chi connectivity index (χ3v) is 3.98. The summed E-state index contributed by atoms with van der Waals surface area (Å²) in [5.74, 6) is -1.03. The zero-order chi connectivity index (χ0) is 15.9. The number of carboxylic acid groups (broad SMARTS) is 1. The number of rotatable bonds is 9. The van der Waals surface area contributed by atoms with Crippen LogP contribution in [-0.4, -0.2) is 32.1 Å². The molecule has 0 unspecified atom stereocenters. The van der Waals surface area contributed by atoms with E-state index in [9.17, 15) is 13.2 Å². The second-order valence-electron chi connectivity index (χ2n) is 5.28. The van der Waals surface area contributed by atoms with Gasteiger partial charge in [-0.15, -0.1) is 0 Å². The van der Waals surface area contributed by atoms with Crippen LogP contribution in [0.5, 0.6) is 0 Å². The smallest absolute Gasteiger partial charge is 0.321 e. The van der Waals surface area contributed by atoms with Gasteiger partial charge in [0.25, 0.3) is 10.2 Å². The maximum absolute atomic E-state index is 11.8. The van der Waals surface area contributed by atoms with Crippen LogP contribution in [0.25, 0.3) is 0 Å². The van der Waals surface area contributed by atoms with Crippen molar-refractivity contribution in [3.63, 3.8) is 0 Å². The van der Waals surface area contributed by atoms with Crippen molar-refractivity contribution in [2.24, 2.45) is 5.92 Å². The molecule has 118 valence electrons. The van der Waals surface area contributed by atoms with Crippen molar-refractivity contribution in [3.05, 3.63) is 35.9 Å². The summed E-state index contributed by atoms with van der Waals surface area (Å²) in [7, 11) is -3.81. The molecule has 0 aliphatic rings. The van der Waals surface area contributed by atoms with Gasteiger partial charge in [0.1, 0.15) is 6.04 Å². The number of aryl methyl sites for hydroxylation is 1. The van der Waals surface area contributed by atoms with Gasteiger partial charge >= 0.3 is 5.97 Å². The molecule has 21 heavy (non-hydrogen) atoms. The molecular weight excluding hydrogens is 292 g/mol. The van der Waals surface area contributed by atoms with Gasteiger partial charge in [-0.05, 0) is 24.3 Å². The van der Waals surface area contributed by atoms with Crippen LogP contribution in [0.15, 0.2) is 30.3 Å². The Bertz CT molecular complexity index is 543. The van der Waals surface area contributed by atoms with Crippen LogP contribution in [0.4, 0.5) is 0 Å². The van der Waals surface area contributed by atoms with Crippen molar-refractivity contribution < 1.29 is 18.3 Å². The Hall–Kier alpha value is -1.44. The molecule has 0 aliphatic heterocycles. The van der Waals surface area contributed by atoms with E-state index >= 15 is 0 Å². The average Bonchev–Trinajstić information content (AvgIpc) is 2.42. The highest BCUT2D eigenvalue weighted by Crippen LogP contribution is 2.06. The first-order valence-electron chi connectivity index (χ1n) is 6.84. The fraction of sp³-hybridized carbons (Fsp3) is 0.500. The first-order chi connectivity index (χ1) is 9.80. The molecule has 0 aliphatic carbocycles. The minimum atomic E-state index is -3.81. The lowest BCUT2D eigenvalue weighted by atomic mass is 10.1. The lowest BCUT2D eigenvalue weighted by Crippen LogP contribution is -2.47. The van der Waals surface area contributed by atoms with Crippen molar-refractivity contribution >= 4 is 16.2 Å². The van der Waals surface area contributed by atoms with E-state index in [0.717, 1.165) is 5.56 Å². The molecule has 3 N–H and O–H groups in total. The van der Waals surface area contributed by atoms with Gasteiger partial charge in [-0.2, -0.15) is 13.1 Å². The Morgan fingerprint density at radius 3 is 2.38 bits per heavy atom. The topological polar surface area (TPSA) is 95.5 Å². The number of hydrogen-bond donors (Lipinski definition) is 3. The quantitative estimate of drug-likeness (QED) is 0.637. The molecule has 1 aromatic rings. The van der Waals surface area contributed by atoms with Crippen molar-refractivity contribution in [1.82, 2.24) is 9.44 Å². The van der Waals surface area contributed by atoms with Gasteiger partial charge in [-0.1, -0.05) is 44.2 Å². The zero-order valence-corrected chi connectivity index (χ0v) is 13.1. The highest BCUT2D eigenvalue weighted by Gasteiger charge is 2.23. The normalized spacial score (nSPS) is 13.3. The summed E-state index contributed by atoms with van der Waals surface area (Å²) >= 11 is 0. The van der Waals surface area contributed by atoms with Gasteiger partial charge in [0.2, 0.25) is 0 Å². The number of hydrogen-bond acceptors (Lipinski definition) is 3. The molecule has 0 amide bonds. The van der Waals surface area contributed by atoms with Crippen LogP contribution in [0.3, 0.4) is 0 Å².